The minimum atomic E-state index is -3.51. The van der Waals surface area contributed by atoms with Crippen molar-refractivity contribution in [3.05, 3.63) is 42.5 Å². The lowest BCUT2D eigenvalue weighted by molar-refractivity contribution is -0.467. The van der Waals surface area contributed by atoms with Crippen molar-refractivity contribution < 1.29 is 32.2 Å². The van der Waals surface area contributed by atoms with Crippen molar-refractivity contribution in [2.75, 3.05) is 25.6 Å². The Hall–Kier alpha value is -1.07. The van der Waals surface area contributed by atoms with Crippen molar-refractivity contribution in [3.8, 4) is 0 Å². The minimum absolute atomic E-state index is 0.00761. The maximum absolute atomic E-state index is 13.4. The minimum Gasteiger partial charge on any atom is -0.414 e. The monoisotopic (exact) mass is 580 g/mol. The Morgan fingerprint density at radius 2 is 1.62 bits per heavy atom. The molecule has 7 nitrogen and oxygen atoms in total. The summed E-state index contributed by atoms with van der Waals surface area (Å²) in [5.74, 6) is -1.32. The number of sulfone groups is 1. The predicted molar refractivity (Wildman–Crippen MR) is 154 cm³/mol. The second-order valence-electron chi connectivity index (χ2n) is 12.1. The number of benzene rings is 1. The molecule has 39 heavy (non-hydrogen) atoms. The van der Waals surface area contributed by atoms with Crippen LogP contribution in [0.4, 0.5) is 0 Å². The van der Waals surface area contributed by atoms with Crippen molar-refractivity contribution in [2.45, 2.75) is 101 Å². The number of fused-ring (bicyclic) bond motifs is 3. The van der Waals surface area contributed by atoms with Gasteiger partial charge < -0.3 is 23.7 Å². The van der Waals surface area contributed by atoms with Crippen LogP contribution in [-0.2, 0) is 28.5 Å². The molecule has 2 bridgehead atoms. The molecule has 0 amide bonds. The number of hydrogen-bond acceptors (Lipinski definition) is 7. The third-order valence-corrected chi connectivity index (χ3v) is 15.7. The fourth-order valence-corrected chi connectivity index (χ4v) is 10.9. The molecule has 0 radical (unpaired) electrons. The van der Waals surface area contributed by atoms with E-state index < -0.39 is 30.2 Å². The third kappa shape index (κ3) is 7.23. The summed E-state index contributed by atoms with van der Waals surface area (Å²) in [7, 11) is -5.49. The van der Waals surface area contributed by atoms with Crippen LogP contribution >= 0.6 is 0 Å². The standard InChI is InChI=1S/C30H48O7SSi/c1-5-39(6-2,7-3)37-28-19-27(31)25(26(28)20-38(32,33)24-15-11-10-12-16-24)17-13-8-9-14-18-30-34-21-29(4,22-35-30)23-36-30/h8,10-13,15-16,25-28,31H,5-7,9,14,17-23H2,1-4H3/t25-,26-,27+,28-,29?,30?/m1/s1. The summed E-state index contributed by atoms with van der Waals surface area (Å²) in [4.78, 5) is 0.334. The molecule has 3 aliphatic heterocycles. The molecule has 3 heterocycles. The average molecular weight is 581 g/mol. The van der Waals surface area contributed by atoms with Crippen LogP contribution in [0.1, 0.15) is 59.8 Å². The van der Waals surface area contributed by atoms with Crippen LogP contribution in [0.2, 0.25) is 18.1 Å². The molecular weight excluding hydrogens is 532 g/mol. The van der Waals surface area contributed by atoms with Crippen molar-refractivity contribution in [1.29, 1.82) is 0 Å². The number of aliphatic hydroxyl groups excluding tert-OH is 1. The van der Waals surface area contributed by atoms with Crippen molar-refractivity contribution >= 4 is 18.2 Å². The van der Waals surface area contributed by atoms with Crippen LogP contribution in [0, 0.1) is 17.3 Å². The highest BCUT2D eigenvalue weighted by atomic mass is 32.2. The molecule has 0 aromatic heterocycles. The normalized spacial score (nSPS) is 33.3. The third-order valence-electron chi connectivity index (χ3n) is 9.19. The van der Waals surface area contributed by atoms with Gasteiger partial charge in [-0.2, -0.15) is 0 Å². The average Bonchev–Trinajstić information content (AvgIpc) is 3.23. The van der Waals surface area contributed by atoms with E-state index in [0.29, 0.717) is 44.0 Å². The summed E-state index contributed by atoms with van der Waals surface area (Å²) in [6.45, 7) is 10.6. The van der Waals surface area contributed by atoms with E-state index >= 15 is 0 Å². The summed E-state index contributed by atoms with van der Waals surface area (Å²) in [5, 5.41) is 11.1. The first-order valence-electron chi connectivity index (χ1n) is 14.8. The molecule has 4 atom stereocenters. The second kappa shape index (κ2) is 12.8. The zero-order valence-corrected chi connectivity index (χ0v) is 26.0. The highest BCUT2D eigenvalue weighted by molar-refractivity contribution is 7.91. The summed E-state index contributed by atoms with van der Waals surface area (Å²) in [6, 6.07) is 11.6. The molecule has 1 aromatic rings. The van der Waals surface area contributed by atoms with Gasteiger partial charge in [-0.25, -0.2) is 8.42 Å². The smallest absolute Gasteiger partial charge is 0.282 e. The van der Waals surface area contributed by atoms with Gasteiger partial charge in [0.1, 0.15) is 0 Å². The number of aliphatic hydroxyl groups is 1. The van der Waals surface area contributed by atoms with Crippen LogP contribution in [0.3, 0.4) is 0 Å². The van der Waals surface area contributed by atoms with E-state index in [2.05, 4.69) is 39.8 Å². The molecule has 0 spiro atoms. The van der Waals surface area contributed by atoms with Gasteiger partial charge in [0.05, 0.1) is 42.7 Å². The van der Waals surface area contributed by atoms with E-state index in [1.807, 2.05) is 6.07 Å². The number of unbranched alkanes of at least 4 members (excludes halogenated alkanes) is 1. The molecule has 1 saturated carbocycles. The van der Waals surface area contributed by atoms with Crippen LogP contribution in [0.15, 0.2) is 47.4 Å². The fourth-order valence-electron chi connectivity index (χ4n) is 6.27. The highest BCUT2D eigenvalue weighted by Gasteiger charge is 2.50. The Kier molecular flexibility index (Phi) is 10.2. The van der Waals surface area contributed by atoms with Crippen LogP contribution in [-0.4, -0.2) is 65.6 Å². The van der Waals surface area contributed by atoms with E-state index in [-0.39, 0.29) is 29.1 Å². The quantitative estimate of drug-likeness (QED) is 0.171. The number of hydrogen-bond donors (Lipinski definition) is 1. The van der Waals surface area contributed by atoms with E-state index in [4.69, 9.17) is 18.6 Å². The van der Waals surface area contributed by atoms with Gasteiger partial charge in [-0.1, -0.05) is 58.0 Å². The number of rotatable bonds is 14. The Balaban J connectivity index is 1.40. The lowest BCUT2D eigenvalue weighted by Crippen LogP contribution is -2.58. The largest absolute Gasteiger partial charge is 0.414 e. The van der Waals surface area contributed by atoms with Gasteiger partial charge in [-0.3, -0.25) is 0 Å². The summed E-state index contributed by atoms with van der Waals surface area (Å²) in [5.41, 5.74) is -0.0383. The van der Waals surface area contributed by atoms with Gasteiger partial charge in [0.25, 0.3) is 5.97 Å². The second-order valence-corrected chi connectivity index (χ2v) is 18.8. The molecule has 0 unspecified atom stereocenters. The van der Waals surface area contributed by atoms with Gasteiger partial charge in [0.2, 0.25) is 0 Å². The zero-order chi connectivity index (χ0) is 28.2. The van der Waals surface area contributed by atoms with Crippen LogP contribution in [0.25, 0.3) is 0 Å². The van der Waals surface area contributed by atoms with Crippen molar-refractivity contribution in [2.24, 2.45) is 17.3 Å². The first-order valence-corrected chi connectivity index (χ1v) is 19.0. The number of allylic oxidation sites excluding steroid dienone is 2. The molecule has 1 N–H and O–H groups in total. The molecular formula is C30H48O7SSi. The lowest BCUT2D eigenvalue weighted by atomic mass is 9.91. The molecule has 220 valence electrons. The molecule has 9 heteroatoms. The first-order chi connectivity index (χ1) is 18.6. The maximum Gasteiger partial charge on any atom is 0.282 e. The SMILES string of the molecule is CC[Si](CC)(CC)O[C@@H]1C[C@H](O)[C@H](CC=CCCCC23OCC(C)(CO2)CO3)[C@H]1CS(=O)(=O)c1ccccc1. The van der Waals surface area contributed by atoms with Gasteiger partial charge in [0, 0.05) is 17.8 Å². The van der Waals surface area contributed by atoms with Gasteiger partial charge in [-0.05, 0) is 61.9 Å². The number of ether oxygens (including phenoxy) is 3. The fraction of sp³-hybridized carbons (Fsp3) is 0.733. The molecule has 1 aromatic carbocycles. The van der Waals surface area contributed by atoms with Crippen molar-refractivity contribution in [3.63, 3.8) is 0 Å². The Labute approximate surface area is 236 Å². The van der Waals surface area contributed by atoms with E-state index in [0.717, 1.165) is 31.0 Å². The van der Waals surface area contributed by atoms with E-state index in [9.17, 15) is 13.5 Å². The van der Waals surface area contributed by atoms with Crippen molar-refractivity contribution in [1.82, 2.24) is 0 Å². The predicted octanol–water partition coefficient (Wildman–Crippen LogP) is 5.70. The van der Waals surface area contributed by atoms with E-state index in [1.165, 1.54) is 0 Å². The van der Waals surface area contributed by atoms with Crippen LogP contribution < -0.4 is 0 Å². The summed E-state index contributed by atoms with van der Waals surface area (Å²) in [6.07, 6.45) is 6.89. The maximum atomic E-state index is 13.4. The molecule has 1 aliphatic carbocycles. The van der Waals surface area contributed by atoms with E-state index in [1.54, 1.807) is 24.3 Å². The van der Waals surface area contributed by atoms with Gasteiger partial charge >= 0.3 is 0 Å². The Morgan fingerprint density at radius 1 is 1.00 bits per heavy atom. The summed E-state index contributed by atoms with van der Waals surface area (Å²) < 4.78 is 51.3. The molecule has 5 rings (SSSR count). The lowest BCUT2D eigenvalue weighted by Gasteiger charge is -2.50. The molecule has 4 fully saturated rings. The Morgan fingerprint density at radius 3 is 2.21 bits per heavy atom. The Bertz CT molecular complexity index is 1020. The van der Waals surface area contributed by atoms with Gasteiger partial charge in [-0.15, -0.1) is 0 Å². The highest BCUT2D eigenvalue weighted by Crippen LogP contribution is 2.42. The molecule has 4 aliphatic rings. The summed E-state index contributed by atoms with van der Waals surface area (Å²) >= 11 is 0. The zero-order valence-electron chi connectivity index (χ0n) is 24.1. The molecule has 3 saturated heterocycles. The first kappa shape index (κ1) is 30.9. The van der Waals surface area contributed by atoms with Gasteiger partial charge in [0.15, 0.2) is 18.2 Å². The topological polar surface area (TPSA) is 91.3 Å². The van der Waals surface area contributed by atoms with Crippen LogP contribution in [0.5, 0.6) is 0 Å².